The summed E-state index contributed by atoms with van der Waals surface area (Å²) in [5.41, 5.74) is 8.33. The maximum Gasteiger partial charge on any atom is 0.250 e. The quantitative estimate of drug-likeness (QED) is 0.493. The molecule has 36 heavy (non-hydrogen) atoms. The summed E-state index contributed by atoms with van der Waals surface area (Å²) >= 11 is 0. The number of aromatic nitrogens is 2. The van der Waals surface area contributed by atoms with Gasteiger partial charge in [0.15, 0.2) is 0 Å². The molecule has 1 saturated carbocycles. The number of amides is 3. The molecule has 3 atom stereocenters. The minimum Gasteiger partial charge on any atom is -0.384 e. The molecule has 1 aliphatic carbocycles. The number of benzene rings is 1. The molecule has 2 N–H and O–H groups in total. The van der Waals surface area contributed by atoms with E-state index < -0.39 is 12.0 Å². The SMILES string of the molecule is CN(C(=O)[C@@H]1[C@@H](Cc2ccnc(N)c2)C(=O)N1C(=O)C[C@@H](c1cccnc1)C1CC1)c1ccccc1. The number of likely N-dealkylation sites (N-methyl/N-ethyl adjacent to an activating group) is 1. The molecule has 1 aliphatic heterocycles. The Morgan fingerprint density at radius 2 is 1.89 bits per heavy atom. The van der Waals surface area contributed by atoms with E-state index in [9.17, 15) is 14.4 Å². The Morgan fingerprint density at radius 3 is 2.56 bits per heavy atom. The largest absolute Gasteiger partial charge is 0.384 e. The number of likely N-dealkylation sites (tertiary alicyclic amines) is 1. The minimum absolute atomic E-state index is 0.0133. The van der Waals surface area contributed by atoms with Gasteiger partial charge in [0.2, 0.25) is 11.8 Å². The van der Waals surface area contributed by atoms with Crippen LogP contribution in [0.25, 0.3) is 0 Å². The highest BCUT2D eigenvalue weighted by molar-refractivity contribution is 6.13. The predicted octanol–water partition coefficient (Wildman–Crippen LogP) is 3.20. The molecule has 8 nitrogen and oxygen atoms in total. The normalized spacial score (nSPS) is 19.9. The summed E-state index contributed by atoms with van der Waals surface area (Å²) in [4.78, 5) is 51.5. The third kappa shape index (κ3) is 4.71. The number of imide groups is 1. The zero-order valence-electron chi connectivity index (χ0n) is 20.2. The van der Waals surface area contributed by atoms with E-state index in [-0.39, 0.29) is 30.1 Å². The Hall–Kier alpha value is -4.07. The molecule has 1 saturated heterocycles. The number of nitrogen functional groups attached to an aromatic ring is 1. The number of anilines is 2. The fourth-order valence-corrected chi connectivity index (χ4v) is 5.10. The fourth-order valence-electron chi connectivity index (χ4n) is 5.10. The van der Waals surface area contributed by atoms with Crippen molar-refractivity contribution in [1.82, 2.24) is 14.9 Å². The number of pyridine rings is 2. The Morgan fingerprint density at radius 1 is 1.11 bits per heavy atom. The van der Waals surface area contributed by atoms with Crippen LogP contribution in [0, 0.1) is 11.8 Å². The zero-order chi connectivity index (χ0) is 25.2. The van der Waals surface area contributed by atoms with E-state index in [1.54, 1.807) is 37.8 Å². The Kier molecular flexibility index (Phi) is 6.50. The van der Waals surface area contributed by atoms with E-state index in [2.05, 4.69) is 9.97 Å². The van der Waals surface area contributed by atoms with Crippen LogP contribution < -0.4 is 10.6 Å². The third-order valence-corrected chi connectivity index (χ3v) is 7.21. The number of β-lactam (4-membered cyclic amide) rings is 1. The maximum absolute atomic E-state index is 13.7. The lowest BCUT2D eigenvalue weighted by atomic mass is 9.80. The first-order valence-corrected chi connectivity index (χ1v) is 12.2. The number of hydrogen-bond donors (Lipinski definition) is 1. The Labute approximate surface area is 210 Å². The van der Waals surface area contributed by atoms with Crippen LogP contribution in [0.1, 0.15) is 36.3 Å². The van der Waals surface area contributed by atoms with Crippen molar-refractivity contribution in [3.63, 3.8) is 0 Å². The van der Waals surface area contributed by atoms with Gasteiger partial charge in [0.05, 0.1) is 5.92 Å². The summed E-state index contributed by atoms with van der Waals surface area (Å²) in [6.07, 6.45) is 7.66. The number of hydrogen-bond acceptors (Lipinski definition) is 6. The van der Waals surface area contributed by atoms with E-state index in [0.29, 0.717) is 23.8 Å². The molecule has 0 radical (unpaired) electrons. The van der Waals surface area contributed by atoms with Gasteiger partial charge in [-0.1, -0.05) is 24.3 Å². The van der Waals surface area contributed by atoms with Crippen LogP contribution in [0.4, 0.5) is 11.5 Å². The highest BCUT2D eigenvalue weighted by atomic mass is 16.2. The van der Waals surface area contributed by atoms with E-state index in [1.165, 1.54) is 9.80 Å². The monoisotopic (exact) mass is 483 g/mol. The smallest absolute Gasteiger partial charge is 0.250 e. The van der Waals surface area contributed by atoms with Gasteiger partial charge in [-0.15, -0.1) is 0 Å². The van der Waals surface area contributed by atoms with Crippen LogP contribution in [0.3, 0.4) is 0 Å². The summed E-state index contributed by atoms with van der Waals surface area (Å²) in [5.74, 6) is -0.841. The predicted molar refractivity (Wildman–Crippen MR) is 136 cm³/mol. The Balaban J connectivity index is 1.41. The first-order valence-electron chi connectivity index (χ1n) is 12.2. The molecule has 3 aromatic rings. The zero-order valence-corrected chi connectivity index (χ0v) is 20.2. The van der Waals surface area contributed by atoms with E-state index >= 15 is 0 Å². The lowest BCUT2D eigenvalue weighted by molar-refractivity contribution is -0.170. The standard InChI is InChI=1S/C28H29N5O3/c1-32(21-7-3-2-4-8-21)28(36)26-23(14-18-11-13-31-24(29)15-18)27(35)33(26)25(34)16-22(19-9-10-19)20-6-5-12-30-17-20/h2-8,11-13,15,17,19,22-23,26H,9-10,14,16H2,1H3,(H2,29,31)/t22-,23-,26+/m1/s1. The van der Waals surface area contributed by atoms with E-state index in [1.807, 2.05) is 42.5 Å². The van der Waals surface area contributed by atoms with Gasteiger partial charge in [0.1, 0.15) is 11.9 Å². The average Bonchev–Trinajstić information content (AvgIpc) is 3.74. The molecule has 0 unspecified atom stereocenters. The van der Waals surface area contributed by atoms with Crippen LogP contribution in [-0.2, 0) is 20.8 Å². The summed E-state index contributed by atoms with van der Waals surface area (Å²) in [5, 5.41) is 0. The number of carbonyl (C=O) groups excluding carboxylic acids is 3. The topological polar surface area (TPSA) is 109 Å². The van der Waals surface area contributed by atoms with Gasteiger partial charge in [-0.25, -0.2) is 4.98 Å². The van der Waals surface area contributed by atoms with E-state index in [4.69, 9.17) is 5.73 Å². The van der Waals surface area contributed by atoms with Crippen molar-refractivity contribution in [2.45, 2.75) is 37.6 Å². The molecule has 3 heterocycles. The summed E-state index contributed by atoms with van der Waals surface area (Å²) in [6.45, 7) is 0. The van der Waals surface area contributed by atoms with Gasteiger partial charge >= 0.3 is 0 Å². The van der Waals surface area contributed by atoms with Crippen LogP contribution >= 0.6 is 0 Å². The molecule has 184 valence electrons. The number of nitrogens with two attached hydrogens (primary N) is 1. The van der Waals surface area contributed by atoms with Gasteiger partial charge in [-0.05, 0) is 72.6 Å². The van der Waals surface area contributed by atoms with Crippen molar-refractivity contribution >= 4 is 29.2 Å². The minimum atomic E-state index is -0.877. The summed E-state index contributed by atoms with van der Waals surface area (Å²) in [7, 11) is 1.67. The fraction of sp³-hybridized carbons (Fsp3) is 0.321. The molecule has 2 fully saturated rings. The van der Waals surface area contributed by atoms with E-state index in [0.717, 1.165) is 24.0 Å². The summed E-state index contributed by atoms with van der Waals surface area (Å²) in [6, 6.07) is 15.7. The second-order valence-electron chi connectivity index (χ2n) is 9.61. The van der Waals surface area contributed by atoms with Crippen molar-refractivity contribution in [1.29, 1.82) is 0 Å². The summed E-state index contributed by atoms with van der Waals surface area (Å²) < 4.78 is 0. The number of nitrogens with zero attached hydrogens (tertiary/aromatic N) is 4. The molecule has 0 spiro atoms. The van der Waals surface area contributed by atoms with Gasteiger partial charge in [0.25, 0.3) is 5.91 Å². The molecular weight excluding hydrogens is 454 g/mol. The molecule has 3 amide bonds. The van der Waals surface area contributed by atoms with Crippen LogP contribution in [0.5, 0.6) is 0 Å². The van der Waals surface area contributed by atoms with Crippen LogP contribution in [-0.4, -0.2) is 45.7 Å². The first kappa shape index (κ1) is 23.7. The maximum atomic E-state index is 13.7. The molecule has 2 aromatic heterocycles. The molecular formula is C28H29N5O3. The van der Waals surface area contributed by atoms with Crippen molar-refractivity contribution < 1.29 is 14.4 Å². The van der Waals surface area contributed by atoms with Crippen molar-refractivity contribution in [2.75, 3.05) is 17.7 Å². The lowest BCUT2D eigenvalue weighted by Crippen LogP contribution is -2.69. The van der Waals surface area contributed by atoms with Gasteiger partial charge in [-0.2, -0.15) is 0 Å². The lowest BCUT2D eigenvalue weighted by Gasteiger charge is -2.46. The highest BCUT2D eigenvalue weighted by Gasteiger charge is 2.55. The highest BCUT2D eigenvalue weighted by Crippen LogP contribution is 2.45. The number of para-hydroxylation sites is 1. The molecule has 5 rings (SSSR count). The first-order chi connectivity index (χ1) is 17.4. The second kappa shape index (κ2) is 9.89. The van der Waals surface area contributed by atoms with Crippen LogP contribution in [0.2, 0.25) is 0 Å². The Bertz CT molecular complexity index is 1260. The molecule has 2 aliphatic rings. The molecule has 1 aromatic carbocycles. The van der Waals surface area contributed by atoms with Crippen molar-refractivity contribution in [3.8, 4) is 0 Å². The van der Waals surface area contributed by atoms with Crippen LogP contribution in [0.15, 0.2) is 73.2 Å². The van der Waals surface area contributed by atoms with Crippen molar-refractivity contribution in [2.24, 2.45) is 11.8 Å². The number of carbonyl (C=O) groups is 3. The third-order valence-electron chi connectivity index (χ3n) is 7.21. The second-order valence-corrected chi connectivity index (χ2v) is 9.61. The average molecular weight is 484 g/mol. The molecule has 0 bridgehead atoms. The van der Waals surface area contributed by atoms with Gasteiger partial charge in [0, 0.05) is 37.7 Å². The van der Waals surface area contributed by atoms with Gasteiger partial charge < -0.3 is 10.6 Å². The van der Waals surface area contributed by atoms with Crippen molar-refractivity contribution in [3.05, 3.63) is 84.3 Å². The van der Waals surface area contributed by atoms with Gasteiger partial charge in [-0.3, -0.25) is 24.3 Å². The molecule has 8 heteroatoms. The number of rotatable bonds is 8.